The SMILES string of the molecule is C=C[C@H]1C[NH+]2CC[C@H]1C[C@@H]2C[NH+](Cc1ccccc1)Cc1ccccc1. The molecule has 3 heterocycles. The fourth-order valence-electron chi connectivity index (χ4n) is 5.18. The third-order valence-corrected chi connectivity index (χ3v) is 6.54. The van der Waals surface area contributed by atoms with Crippen LogP contribution < -0.4 is 9.80 Å². The van der Waals surface area contributed by atoms with Gasteiger partial charge in [-0.2, -0.15) is 0 Å². The average molecular weight is 349 g/mol. The van der Waals surface area contributed by atoms with Crippen molar-refractivity contribution in [3.63, 3.8) is 0 Å². The lowest BCUT2D eigenvalue weighted by Gasteiger charge is -2.46. The minimum Gasteiger partial charge on any atom is -0.327 e. The van der Waals surface area contributed by atoms with Gasteiger partial charge in [0.2, 0.25) is 0 Å². The zero-order chi connectivity index (χ0) is 17.8. The van der Waals surface area contributed by atoms with Gasteiger partial charge in [-0.25, -0.2) is 0 Å². The Labute approximate surface area is 158 Å². The van der Waals surface area contributed by atoms with Crippen LogP contribution in [0, 0.1) is 11.8 Å². The van der Waals surface area contributed by atoms with Gasteiger partial charge < -0.3 is 9.80 Å². The number of nitrogens with one attached hydrogen (secondary N) is 2. The van der Waals surface area contributed by atoms with Crippen LogP contribution in [0.25, 0.3) is 0 Å². The third kappa shape index (κ3) is 4.08. The van der Waals surface area contributed by atoms with E-state index in [9.17, 15) is 0 Å². The van der Waals surface area contributed by atoms with Gasteiger partial charge in [-0.1, -0.05) is 66.7 Å². The van der Waals surface area contributed by atoms with E-state index in [4.69, 9.17) is 0 Å². The third-order valence-electron chi connectivity index (χ3n) is 6.54. The Bertz CT molecular complexity index is 655. The summed E-state index contributed by atoms with van der Waals surface area (Å²) in [5, 5.41) is 0. The van der Waals surface area contributed by atoms with Crippen LogP contribution in [0.15, 0.2) is 73.3 Å². The molecule has 0 amide bonds. The van der Waals surface area contributed by atoms with Gasteiger partial charge in [0, 0.05) is 29.9 Å². The Morgan fingerprint density at radius 1 is 0.962 bits per heavy atom. The first-order valence-electron chi connectivity index (χ1n) is 10.2. The number of quaternary nitrogens is 2. The first-order chi connectivity index (χ1) is 12.8. The highest BCUT2D eigenvalue weighted by molar-refractivity contribution is 5.15. The summed E-state index contributed by atoms with van der Waals surface area (Å²) in [5.74, 6) is 1.63. The maximum atomic E-state index is 4.08. The lowest BCUT2D eigenvalue weighted by molar-refractivity contribution is -0.999. The minimum absolute atomic E-state index is 0.752. The summed E-state index contributed by atoms with van der Waals surface area (Å²) in [7, 11) is 0. The Morgan fingerprint density at radius 2 is 1.58 bits per heavy atom. The molecule has 5 rings (SSSR count). The highest BCUT2D eigenvalue weighted by atomic mass is 15.2. The molecule has 3 aliphatic heterocycles. The lowest BCUT2D eigenvalue weighted by Crippen LogP contribution is -3.25. The summed E-state index contributed by atoms with van der Waals surface area (Å²) in [4.78, 5) is 3.53. The maximum absolute atomic E-state index is 4.08. The summed E-state index contributed by atoms with van der Waals surface area (Å²) in [6.45, 7) is 10.3. The van der Waals surface area contributed by atoms with Crippen LogP contribution in [-0.2, 0) is 13.1 Å². The number of piperidine rings is 3. The normalized spacial score (nSPS) is 27.6. The average Bonchev–Trinajstić information content (AvgIpc) is 2.70. The van der Waals surface area contributed by atoms with E-state index in [0.717, 1.165) is 31.0 Å². The van der Waals surface area contributed by atoms with Crippen LogP contribution in [0.3, 0.4) is 0 Å². The van der Waals surface area contributed by atoms with Gasteiger partial charge in [0.25, 0.3) is 0 Å². The smallest absolute Gasteiger partial charge is 0.137 e. The van der Waals surface area contributed by atoms with Crippen molar-refractivity contribution in [2.45, 2.75) is 32.0 Å². The molecular weight excluding hydrogens is 316 g/mol. The molecule has 0 aromatic heterocycles. The van der Waals surface area contributed by atoms with E-state index in [1.54, 1.807) is 4.90 Å². The zero-order valence-electron chi connectivity index (χ0n) is 15.7. The van der Waals surface area contributed by atoms with Crippen LogP contribution in [0.2, 0.25) is 0 Å². The quantitative estimate of drug-likeness (QED) is 0.706. The fraction of sp³-hybridized carbons (Fsp3) is 0.417. The molecule has 0 radical (unpaired) electrons. The molecular formula is C24H32N2+2. The highest BCUT2D eigenvalue weighted by Crippen LogP contribution is 2.27. The molecule has 1 unspecified atom stereocenters. The first-order valence-corrected chi connectivity index (χ1v) is 10.2. The topological polar surface area (TPSA) is 8.88 Å². The van der Waals surface area contributed by atoms with Crippen molar-refractivity contribution in [3.05, 3.63) is 84.4 Å². The molecule has 2 N–H and O–H groups in total. The van der Waals surface area contributed by atoms with Gasteiger partial charge in [-0.15, -0.1) is 6.58 Å². The summed E-state index contributed by atoms with van der Waals surface area (Å²) < 4.78 is 0. The molecule has 0 saturated carbocycles. The maximum Gasteiger partial charge on any atom is 0.137 e. The molecule has 26 heavy (non-hydrogen) atoms. The lowest BCUT2D eigenvalue weighted by atomic mass is 9.75. The summed E-state index contributed by atoms with van der Waals surface area (Å²) in [6.07, 6.45) is 5.01. The fourth-order valence-corrected chi connectivity index (χ4v) is 5.18. The second-order valence-corrected chi connectivity index (χ2v) is 8.27. The molecule has 136 valence electrons. The van der Waals surface area contributed by atoms with Crippen LogP contribution in [0.4, 0.5) is 0 Å². The molecule has 4 atom stereocenters. The van der Waals surface area contributed by atoms with Crippen molar-refractivity contribution < 1.29 is 9.80 Å². The van der Waals surface area contributed by atoms with E-state index >= 15 is 0 Å². The molecule has 2 heteroatoms. The van der Waals surface area contributed by atoms with E-state index in [0.29, 0.717) is 0 Å². The van der Waals surface area contributed by atoms with Crippen molar-refractivity contribution in [1.29, 1.82) is 0 Å². The molecule has 2 aromatic rings. The van der Waals surface area contributed by atoms with Crippen molar-refractivity contribution in [3.8, 4) is 0 Å². The summed E-state index contributed by atoms with van der Waals surface area (Å²) in [5.41, 5.74) is 2.90. The number of benzene rings is 2. The summed E-state index contributed by atoms with van der Waals surface area (Å²) >= 11 is 0. The van der Waals surface area contributed by atoms with Crippen molar-refractivity contribution in [2.24, 2.45) is 11.8 Å². The Balaban J connectivity index is 1.47. The Hall–Kier alpha value is -1.90. The van der Waals surface area contributed by atoms with Crippen molar-refractivity contribution in [1.82, 2.24) is 0 Å². The molecule has 0 spiro atoms. The predicted octanol–water partition coefficient (Wildman–Crippen LogP) is 1.75. The molecule has 3 aliphatic rings. The van der Waals surface area contributed by atoms with E-state index in [1.165, 1.54) is 43.6 Å². The van der Waals surface area contributed by atoms with Crippen molar-refractivity contribution in [2.75, 3.05) is 19.6 Å². The van der Waals surface area contributed by atoms with Gasteiger partial charge in [-0.3, -0.25) is 0 Å². The standard InChI is InChI=1S/C24H30N2/c1-2-22-18-26-14-13-23(22)15-24(26)19-25(16-20-9-5-3-6-10-20)17-21-11-7-4-8-12-21/h2-12,22-24H,1,13-19H2/p+2/t22-,23-,24+/m0/s1. The number of rotatable bonds is 7. The molecule has 0 aliphatic carbocycles. The van der Waals surface area contributed by atoms with Crippen molar-refractivity contribution >= 4 is 0 Å². The van der Waals surface area contributed by atoms with Gasteiger partial charge in [0.1, 0.15) is 25.7 Å². The second kappa shape index (κ2) is 8.20. The number of hydrogen-bond donors (Lipinski definition) is 2. The monoisotopic (exact) mass is 348 g/mol. The number of fused-ring (bicyclic) bond motifs is 3. The van der Waals surface area contributed by atoms with E-state index in [2.05, 4.69) is 73.3 Å². The second-order valence-electron chi connectivity index (χ2n) is 8.27. The highest BCUT2D eigenvalue weighted by Gasteiger charge is 2.43. The predicted molar refractivity (Wildman–Crippen MR) is 107 cm³/mol. The minimum atomic E-state index is 0.752. The van der Waals surface area contributed by atoms with Crippen LogP contribution in [0.5, 0.6) is 0 Å². The number of hydrogen-bond acceptors (Lipinski definition) is 0. The van der Waals surface area contributed by atoms with Crippen LogP contribution in [0.1, 0.15) is 24.0 Å². The first kappa shape index (κ1) is 17.5. The van der Waals surface area contributed by atoms with E-state index < -0.39 is 0 Å². The van der Waals surface area contributed by atoms with E-state index in [-0.39, 0.29) is 0 Å². The molecule has 2 nitrogen and oxygen atoms in total. The largest absolute Gasteiger partial charge is 0.327 e. The van der Waals surface area contributed by atoms with Crippen LogP contribution in [-0.4, -0.2) is 25.7 Å². The molecule has 2 aromatic carbocycles. The van der Waals surface area contributed by atoms with Crippen LogP contribution >= 0.6 is 0 Å². The Kier molecular flexibility index (Phi) is 5.52. The molecule has 3 saturated heterocycles. The van der Waals surface area contributed by atoms with E-state index in [1.807, 2.05) is 4.90 Å². The Morgan fingerprint density at radius 3 is 2.08 bits per heavy atom. The zero-order valence-corrected chi connectivity index (χ0v) is 15.7. The van der Waals surface area contributed by atoms with Gasteiger partial charge in [0.05, 0.1) is 13.1 Å². The molecule has 2 bridgehead atoms. The summed E-state index contributed by atoms with van der Waals surface area (Å²) in [6, 6.07) is 22.8. The van der Waals surface area contributed by atoms with Gasteiger partial charge >= 0.3 is 0 Å². The van der Waals surface area contributed by atoms with Gasteiger partial charge in [-0.05, 0) is 5.92 Å². The van der Waals surface area contributed by atoms with Gasteiger partial charge in [0.15, 0.2) is 0 Å². The molecule has 3 fully saturated rings.